The van der Waals surface area contributed by atoms with Crippen molar-refractivity contribution in [2.75, 3.05) is 0 Å². The Balaban J connectivity index is 1.71. The van der Waals surface area contributed by atoms with E-state index in [1.54, 1.807) is 12.5 Å². The molecule has 21 heavy (non-hydrogen) atoms. The SMILES string of the molecule is Clc1ccc2c(c1)OC(Cn1cnc(Cl)c1)(C1(Cl)CC1)C2. The zero-order chi connectivity index (χ0) is 14.7. The highest BCUT2D eigenvalue weighted by atomic mass is 35.5. The molecule has 3 nitrogen and oxygen atoms in total. The third-order valence-electron chi connectivity index (χ3n) is 4.36. The van der Waals surface area contributed by atoms with Gasteiger partial charge in [-0.3, -0.25) is 0 Å². The number of benzene rings is 1. The first kappa shape index (κ1) is 13.7. The summed E-state index contributed by atoms with van der Waals surface area (Å²) in [6, 6.07) is 5.77. The molecule has 0 bridgehead atoms. The summed E-state index contributed by atoms with van der Waals surface area (Å²) in [5, 5.41) is 1.15. The summed E-state index contributed by atoms with van der Waals surface area (Å²) in [5.41, 5.74) is 0.684. The van der Waals surface area contributed by atoms with E-state index in [2.05, 4.69) is 4.98 Å². The summed E-state index contributed by atoms with van der Waals surface area (Å²) >= 11 is 18.7. The molecule has 1 aromatic heterocycles. The Bertz CT molecular complexity index is 707. The van der Waals surface area contributed by atoms with Crippen LogP contribution in [0, 0.1) is 0 Å². The Kier molecular flexibility index (Phi) is 2.97. The molecule has 2 aliphatic rings. The monoisotopic (exact) mass is 342 g/mol. The number of hydrogen-bond acceptors (Lipinski definition) is 2. The number of fused-ring (bicyclic) bond motifs is 1. The molecule has 2 aromatic rings. The highest BCUT2D eigenvalue weighted by molar-refractivity contribution is 6.30. The standard InChI is InChI=1S/C15H13Cl3N2O/c16-11-2-1-10-6-15(14(18)3-4-14,21-12(10)5-11)8-20-7-13(17)19-9-20/h1-2,5,7,9H,3-4,6,8H2. The average Bonchev–Trinajstić information content (AvgIpc) is 2.91. The van der Waals surface area contributed by atoms with Gasteiger partial charge in [0, 0.05) is 17.6 Å². The van der Waals surface area contributed by atoms with Crippen molar-refractivity contribution in [2.24, 2.45) is 0 Å². The van der Waals surface area contributed by atoms with Gasteiger partial charge >= 0.3 is 0 Å². The minimum atomic E-state index is -0.467. The van der Waals surface area contributed by atoms with Crippen LogP contribution < -0.4 is 4.74 Å². The van der Waals surface area contributed by atoms with Gasteiger partial charge in [-0.15, -0.1) is 11.6 Å². The van der Waals surface area contributed by atoms with E-state index in [1.165, 1.54) is 0 Å². The lowest BCUT2D eigenvalue weighted by Crippen LogP contribution is -2.49. The van der Waals surface area contributed by atoms with Gasteiger partial charge in [-0.05, 0) is 30.5 Å². The fourth-order valence-corrected chi connectivity index (χ4v) is 3.67. The quantitative estimate of drug-likeness (QED) is 0.775. The summed E-state index contributed by atoms with van der Waals surface area (Å²) in [4.78, 5) is 3.74. The zero-order valence-electron chi connectivity index (χ0n) is 11.2. The van der Waals surface area contributed by atoms with Crippen LogP contribution in [0.5, 0.6) is 5.75 Å². The number of rotatable bonds is 3. The second-order valence-corrected chi connectivity index (χ2v) is 7.41. The highest BCUT2D eigenvalue weighted by Gasteiger charge is 2.62. The Labute approximate surface area is 137 Å². The first-order chi connectivity index (χ1) is 10.00. The molecular formula is C15H13Cl3N2O. The van der Waals surface area contributed by atoms with E-state index in [4.69, 9.17) is 39.5 Å². The number of nitrogens with zero attached hydrogens (tertiary/aromatic N) is 2. The number of hydrogen-bond donors (Lipinski definition) is 0. The third-order valence-corrected chi connectivity index (χ3v) is 5.51. The Morgan fingerprint density at radius 3 is 2.76 bits per heavy atom. The second kappa shape index (κ2) is 4.55. The summed E-state index contributed by atoms with van der Waals surface area (Å²) in [7, 11) is 0. The molecule has 2 heterocycles. The third kappa shape index (κ3) is 2.23. The molecule has 1 aromatic carbocycles. The zero-order valence-corrected chi connectivity index (χ0v) is 13.4. The van der Waals surface area contributed by atoms with Crippen LogP contribution in [0.1, 0.15) is 18.4 Å². The molecule has 1 fully saturated rings. The molecule has 0 N–H and O–H groups in total. The number of aromatic nitrogens is 2. The second-order valence-electron chi connectivity index (χ2n) is 5.86. The van der Waals surface area contributed by atoms with E-state index in [9.17, 15) is 0 Å². The van der Waals surface area contributed by atoms with Crippen molar-refractivity contribution in [1.29, 1.82) is 0 Å². The van der Waals surface area contributed by atoms with Crippen LogP contribution >= 0.6 is 34.8 Å². The van der Waals surface area contributed by atoms with Gasteiger partial charge in [0.2, 0.25) is 0 Å². The Morgan fingerprint density at radius 1 is 1.29 bits per heavy atom. The van der Waals surface area contributed by atoms with Gasteiger partial charge < -0.3 is 9.30 Å². The van der Waals surface area contributed by atoms with Crippen molar-refractivity contribution in [2.45, 2.75) is 36.3 Å². The predicted octanol–water partition coefficient (Wildman–Crippen LogP) is 4.34. The summed E-state index contributed by atoms with van der Waals surface area (Å²) in [5.74, 6) is 0.834. The van der Waals surface area contributed by atoms with Crippen LogP contribution in [-0.2, 0) is 13.0 Å². The van der Waals surface area contributed by atoms with Gasteiger partial charge in [-0.2, -0.15) is 0 Å². The average molecular weight is 344 g/mol. The van der Waals surface area contributed by atoms with E-state index in [0.29, 0.717) is 16.7 Å². The maximum absolute atomic E-state index is 6.77. The molecule has 4 rings (SSSR count). The lowest BCUT2D eigenvalue weighted by molar-refractivity contribution is 0.0614. The van der Waals surface area contributed by atoms with Crippen molar-refractivity contribution in [3.8, 4) is 5.75 Å². The van der Waals surface area contributed by atoms with E-state index in [-0.39, 0.29) is 4.87 Å². The van der Waals surface area contributed by atoms with Gasteiger partial charge in [-0.25, -0.2) is 4.98 Å². The molecule has 0 amide bonds. The van der Waals surface area contributed by atoms with Gasteiger partial charge in [-0.1, -0.05) is 29.3 Å². The molecule has 1 aliphatic heterocycles. The van der Waals surface area contributed by atoms with Crippen LogP contribution in [-0.4, -0.2) is 20.0 Å². The molecule has 1 saturated carbocycles. The molecule has 110 valence electrons. The molecular weight excluding hydrogens is 331 g/mol. The van der Waals surface area contributed by atoms with Crippen LogP contribution in [0.3, 0.4) is 0 Å². The first-order valence-corrected chi connectivity index (χ1v) is 7.97. The largest absolute Gasteiger partial charge is 0.483 e. The molecule has 6 heteroatoms. The predicted molar refractivity (Wildman–Crippen MR) is 83.6 cm³/mol. The van der Waals surface area contributed by atoms with Gasteiger partial charge in [0.25, 0.3) is 0 Å². The molecule has 1 unspecified atom stereocenters. The Morgan fingerprint density at radius 2 is 2.10 bits per heavy atom. The van der Waals surface area contributed by atoms with E-state index < -0.39 is 5.60 Å². The van der Waals surface area contributed by atoms with E-state index in [0.717, 1.165) is 30.6 Å². The van der Waals surface area contributed by atoms with E-state index >= 15 is 0 Å². The van der Waals surface area contributed by atoms with Crippen molar-refractivity contribution in [3.63, 3.8) is 0 Å². The summed E-state index contributed by atoms with van der Waals surface area (Å²) in [6.45, 7) is 0.627. The normalized spacial score (nSPS) is 25.5. The molecule has 0 radical (unpaired) electrons. The number of alkyl halides is 1. The van der Waals surface area contributed by atoms with Crippen LogP contribution in [0.4, 0.5) is 0 Å². The minimum absolute atomic E-state index is 0.324. The van der Waals surface area contributed by atoms with Gasteiger partial charge in [0.15, 0.2) is 0 Å². The van der Waals surface area contributed by atoms with Crippen LogP contribution in [0.2, 0.25) is 10.2 Å². The first-order valence-electron chi connectivity index (χ1n) is 6.83. The van der Waals surface area contributed by atoms with Crippen molar-refractivity contribution < 1.29 is 4.74 Å². The summed E-state index contributed by atoms with van der Waals surface area (Å²) < 4.78 is 8.25. The van der Waals surface area contributed by atoms with Crippen molar-refractivity contribution in [3.05, 3.63) is 46.5 Å². The number of halogens is 3. The molecule has 0 spiro atoms. The summed E-state index contributed by atoms with van der Waals surface area (Å²) in [6.07, 6.45) is 6.20. The van der Waals surface area contributed by atoms with E-state index in [1.807, 2.05) is 22.8 Å². The highest BCUT2D eigenvalue weighted by Crippen LogP contribution is 2.57. The van der Waals surface area contributed by atoms with Crippen molar-refractivity contribution in [1.82, 2.24) is 9.55 Å². The smallest absolute Gasteiger partial charge is 0.150 e. The fraction of sp³-hybridized carbons (Fsp3) is 0.400. The van der Waals surface area contributed by atoms with Crippen LogP contribution in [0.15, 0.2) is 30.7 Å². The topological polar surface area (TPSA) is 27.1 Å². The molecule has 1 aliphatic carbocycles. The number of imidazole rings is 1. The maximum atomic E-state index is 6.77. The van der Waals surface area contributed by atoms with Crippen LogP contribution in [0.25, 0.3) is 0 Å². The number of ether oxygens (including phenoxy) is 1. The van der Waals surface area contributed by atoms with Crippen molar-refractivity contribution >= 4 is 34.8 Å². The Hall–Kier alpha value is -0.900. The van der Waals surface area contributed by atoms with Gasteiger partial charge in [0.1, 0.15) is 16.5 Å². The minimum Gasteiger partial charge on any atom is -0.483 e. The molecule has 0 saturated heterocycles. The maximum Gasteiger partial charge on any atom is 0.150 e. The lowest BCUT2D eigenvalue weighted by atomic mass is 9.91. The van der Waals surface area contributed by atoms with Gasteiger partial charge in [0.05, 0.1) is 17.7 Å². The lowest BCUT2D eigenvalue weighted by Gasteiger charge is -2.34. The fourth-order valence-electron chi connectivity index (χ4n) is 3.08. The molecule has 1 atom stereocenters.